The molecule has 1 fully saturated rings. The van der Waals surface area contributed by atoms with Crippen molar-refractivity contribution in [1.29, 1.82) is 0 Å². The first-order valence-corrected chi connectivity index (χ1v) is 7.18. The number of nitrogens with one attached hydrogen (secondary N) is 1. The molecule has 1 unspecified atom stereocenters. The van der Waals surface area contributed by atoms with E-state index < -0.39 is 0 Å². The van der Waals surface area contributed by atoms with Crippen LogP contribution in [-0.4, -0.2) is 42.7 Å². The van der Waals surface area contributed by atoms with E-state index in [9.17, 15) is 0 Å². The average molecular weight is 263 g/mol. The Balaban J connectivity index is 1.98. The minimum absolute atomic E-state index is 0.630. The van der Waals surface area contributed by atoms with Crippen LogP contribution >= 0.6 is 0 Å². The minimum Gasteiger partial charge on any atom is -0.497 e. The summed E-state index contributed by atoms with van der Waals surface area (Å²) in [5.41, 5.74) is 2.13. The first-order valence-electron chi connectivity index (χ1n) is 7.18. The summed E-state index contributed by atoms with van der Waals surface area (Å²) in [6.07, 6.45) is 2.49. The predicted octanol–water partition coefficient (Wildman–Crippen LogP) is 1.97. The number of aryl methyl sites for hydroxylation is 1. The molecule has 0 amide bonds. The lowest BCUT2D eigenvalue weighted by Gasteiger charge is -2.33. The largest absolute Gasteiger partial charge is 0.497 e. The van der Waals surface area contributed by atoms with E-state index in [2.05, 4.69) is 22.1 Å². The maximum absolute atomic E-state index is 5.31. The molecule has 0 spiro atoms. The summed E-state index contributed by atoms with van der Waals surface area (Å²) in [7, 11) is 1.71. The lowest BCUT2D eigenvalue weighted by atomic mass is 10.1. The highest BCUT2D eigenvalue weighted by Gasteiger charge is 2.19. The highest BCUT2D eigenvalue weighted by atomic mass is 16.5. The van der Waals surface area contributed by atoms with Crippen LogP contribution in [0.25, 0.3) is 0 Å². The fraction of sp³-hybridized carbons (Fsp3) is 0.667. The summed E-state index contributed by atoms with van der Waals surface area (Å²) < 4.78 is 5.31. The second kappa shape index (κ2) is 6.87. The molecule has 2 heterocycles. The Morgan fingerprint density at radius 3 is 3.05 bits per heavy atom. The third-order valence-corrected chi connectivity index (χ3v) is 3.58. The van der Waals surface area contributed by atoms with Gasteiger partial charge in [0.1, 0.15) is 5.75 Å². The third kappa shape index (κ3) is 4.18. The number of hydrogen-bond donors (Lipinski definition) is 1. The van der Waals surface area contributed by atoms with E-state index in [1.54, 1.807) is 7.11 Å². The fourth-order valence-electron chi connectivity index (χ4n) is 2.71. The smallest absolute Gasteiger partial charge is 0.122 e. The SMILES string of the molecule is CCCC1CN(Cc2cc(OC)cc(C)n2)CCN1. The molecule has 0 aliphatic carbocycles. The van der Waals surface area contributed by atoms with Crippen LogP contribution in [0.1, 0.15) is 31.2 Å². The zero-order valence-electron chi connectivity index (χ0n) is 12.3. The van der Waals surface area contributed by atoms with E-state index in [4.69, 9.17) is 4.74 Å². The van der Waals surface area contributed by atoms with Crippen molar-refractivity contribution in [2.75, 3.05) is 26.7 Å². The van der Waals surface area contributed by atoms with Gasteiger partial charge in [0.25, 0.3) is 0 Å². The molecule has 106 valence electrons. The standard InChI is InChI=1S/C15H25N3O/c1-4-5-13-10-18(7-6-16-13)11-14-9-15(19-3)8-12(2)17-14/h8-9,13,16H,4-7,10-11H2,1-3H3. The lowest BCUT2D eigenvalue weighted by molar-refractivity contribution is 0.185. The first kappa shape index (κ1) is 14.3. The molecule has 0 aromatic carbocycles. The lowest BCUT2D eigenvalue weighted by Crippen LogP contribution is -2.50. The predicted molar refractivity (Wildman–Crippen MR) is 77.5 cm³/mol. The Hall–Kier alpha value is -1.13. The molecule has 1 aromatic rings. The van der Waals surface area contributed by atoms with Crippen LogP contribution < -0.4 is 10.1 Å². The molecule has 1 aliphatic rings. The van der Waals surface area contributed by atoms with Crippen molar-refractivity contribution in [3.8, 4) is 5.75 Å². The molecule has 4 heteroatoms. The van der Waals surface area contributed by atoms with Gasteiger partial charge in [0.15, 0.2) is 0 Å². The molecule has 0 saturated carbocycles. The maximum atomic E-state index is 5.31. The molecule has 0 bridgehead atoms. The molecule has 19 heavy (non-hydrogen) atoms. The van der Waals surface area contributed by atoms with E-state index in [0.717, 1.165) is 43.3 Å². The summed E-state index contributed by atoms with van der Waals surface area (Å²) in [6.45, 7) is 8.47. The molecule has 1 N–H and O–H groups in total. The average Bonchev–Trinajstić information content (AvgIpc) is 2.39. The van der Waals surface area contributed by atoms with Crippen molar-refractivity contribution in [1.82, 2.24) is 15.2 Å². The summed E-state index contributed by atoms with van der Waals surface area (Å²) in [6, 6.07) is 4.65. The molecule has 1 atom stereocenters. The van der Waals surface area contributed by atoms with Crippen LogP contribution in [0, 0.1) is 6.92 Å². The molecular weight excluding hydrogens is 238 g/mol. The van der Waals surface area contributed by atoms with E-state index in [-0.39, 0.29) is 0 Å². The summed E-state index contributed by atoms with van der Waals surface area (Å²) in [4.78, 5) is 7.09. The molecule has 4 nitrogen and oxygen atoms in total. The van der Waals surface area contributed by atoms with Gasteiger partial charge in [-0.25, -0.2) is 0 Å². The Morgan fingerprint density at radius 1 is 1.47 bits per heavy atom. The van der Waals surface area contributed by atoms with Gasteiger partial charge < -0.3 is 10.1 Å². The third-order valence-electron chi connectivity index (χ3n) is 3.58. The second-order valence-corrected chi connectivity index (χ2v) is 5.31. The van der Waals surface area contributed by atoms with E-state index in [1.165, 1.54) is 12.8 Å². The first-order chi connectivity index (χ1) is 9.21. The van der Waals surface area contributed by atoms with Crippen molar-refractivity contribution in [2.45, 2.75) is 39.3 Å². The van der Waals surface area contributed by atoms with Gasteiger partial charge in [-0.15, -0.1) is 0 Å². The van der Waals surface area contributed by atoms with Crippen LogP contribution in [0.5, 0.6) is 5.75 Å². The number of ether oxygens (including phenoxy) is 1. The van der Waals surface area contributed by atoms with E-state index in [1.807, 2.05) is 19.1 Å². The van der Waals surface area contributed by atoms with E-state index >= 15 is 0 Å². The van der Waals surface area contributed by atoms with Crippen molar-refractivity contribution in [3.63, 3.8) is 0 Å². The van der Waals surface area contributed by atoms with E-state index in [0.29, 0.717) is 6.04 Å². The zero-order valence-corrected chi connectivity index (χ0v) is 12.3. The number of rotatable bonds is 5. The molecule has 1 aliphatic heterocycles. The van der Waals surface area contributed by atoms with Gasteiger partial charge in [0, 0.05) is 50.0 Å². The summed E-state index contributed by atoms with van der Waals surface area (Å²) >= 11 is 0. The van der Waals surface area contributed by atoms with Crippen LogP contribution in [0.3, 0.4) is 0 Å². The number of pyridine rings is 1. The number of nitrogens with zero attached hydrogens (tertiary/aromatic N) is 2. The van der Waals surface area contributed by atoms with Crippen LogP contribution in [0.2, 0.25) is 0 Å². The minimum atomic E-state index is 0.630. The second-order valence-electron chi connectivity index (χ2n) is 5.31. The molecule has 1 aromatic heterocycles. The van der Waals surface area contributed by atoms with Gasteiger partial charge in [-0.2, -0.15) is 0 Å². The molecule has 1 saturated heterocycles. The van der Waals surface area contributed by atoms with Crippen molar-refractivity contribution < 1.29 is 4.74 Å². The molecular formula is C15H25N3O. The highest BCUT2D eigenvalue weighted by molar-refractivity contribution is 5.26. The number of methoxy groups -OCH3 is 1. The summed E-state index contributed by atoms with van der Waals surface area (Å²) in [5.74, 6) is 0.905. The Morgan fingerprint density at radius 2 is 2.32 bits per heavy atom. The van der Waals surface area contributed by atoms with Gasteiger partial charge in [-0.05, 0) is 13.3 Å². The van der Waals surface area contributed by atoms with Gasteiger partial charge in [0.05, 0.1) is 12.8 Å². The summed E-state index contributed by atoms with van der Waals surface area (Å²) in [5, 5.41) is 3.58. The van der Waals surface area contributed by atoms with Crippen molar-refractivity contribution in [2.24, 2.45) is 0 Å². The number of piperazine rings is 1. The van der Waals surface area contributed by atoms with Gasteiger partial charge in [-0.3, -0.25) is 9.88 Å². The molecule has 2 rings (SSSR count). The highest BCUT2D eigenvalue weighted by Crippen LogP contribution is 2.16. The molecule has 0 radical (unpaired) electrons. The topological polar surface area (TPSA) is 37.4 Å². The Labute approximate surface area is 116 Å². The van der Waals surface area contributed by atoms with Crippen molar-refractivity contribution in [3.05, 3.63) is 23.5 Å². The Kier molecular flexibility index (Phi) is 5.16. The number of hydrogen-bond acceptors (Lipinski definition) is 4. The zero-order chi connectivity index (χ0) is 13.7. The quantitative estimate of drug-likeness (QED) is 0.881. The van der Waals surface area contributed by atoms with Gasteiger partial charge in [0.2, 0.25) is 0 Å². The van der Waals surface area contributed by atoms with Crippen LogP contribution in [-0.2, 0) is 6.54 Å². The van der Waals surface area contributed by atoms with Gasteiger partial charge in [-0.1, -0.05) is 13.3 Å². The normalized spacial score (nSPS) is 20.5. The maximum Gasteiger partial charge on any atom is 0.122 e. The van der Waals surface area contributed by atoms with Crippen LogP contribution in [0.15, 0.2) is 12.1 Å². The number of aromatic nitrogens is 1. The fourth-order valence-corrected chi connectivity index (χ4v) is 2.71. The van der Waals surface area contributed by atoms with Gasteiger partial charge >= 0.3 is 0 Å². The monoisotopic (exact) mass is 263 g/mol. The van der Waals surface area contributed by atoms with Crippen LogP contribution in [0.4, 0.5) is 0 Å². The van der Waals surface area contributed by atoms with Crippen molar-refractivity contribution >= 4 is 0 Å². The Bertz CT molecular complexity index is 406.